The molecule has 35 heavy (non-hydrogen) atoms. The third-order valence-electron chi connectivity index (χ3n) is 6.51. The van der Waals surface area contributed by atoms with Crippen LogP contribution in [-0.4, -0.2) is 45.0 Å². The summed E-state index contributed by atoms with van der Waals surface area (Å²) in [6, 6.07) is 9.64. The molecule has 7 nitrogen and oxygen atoms in total. The van der Waals surface area contributed by atoms with Crippen molar-refractivity contribution in [2.24, 2.45) is 13.0 Å². The first-order valence-corrected chi connectivity index (χ1v) is 11.6. The smallest absolute Gasteiger partial charge is 0.270 e. The van der Waals surface area contributed by atoms with Crippen molar-refractivity contribution >= 4 is 17.5 Å². The number of carbonyl (C=O) groups is 2. The van der Waals surface area contributed by atoms with E-state index in [0.29, 0.717) is 5.69 Å². The summed E-state index contributed by atoms with van der Waals surface area (Å²) in [5.41, 5.74) is 4.74. The minimum absolute atomic E-state index is 0.00265. The Bertz CT molecular complexity index is 1180. The van der Waals surface area contributed by atoms with Crippen LogP contribution in [0, 0.1) is 19.8 Å². The van der Waals surface area contributed by atoms with Gasteiger partial charge in [-0.05, 0) is 68.0 Å². The first kappa shape index (κ1) is 24.5. The van der Waals surface area contributed by atoms with Gasteiger partial charge in [-0.1, -0.05) is 12.1 Å². The summed E-state index contributed by atoms with van der Waals surface area (Å²) in [7, 11) is 1.60. The number of alkyl halides is 2. The van der Waals surface area contributed by atoms with Gasteiger partial charge in [-0.2, -0.15) is 5.10 Å². The maximum Gasteiger partial charge on any atom is 0.270 e. The van der Waals surface area contributed by atoms with Gasteiger partial charge >= 0.3 is 0 Å². The standard InChI is InChI=1S/C26H29F2N5O2/c1-15-8-10-29-16(2)23(15)17-4-6-21(7-5-17)31-26(35)24(18-12-19(27)14-20(28)13-18)32-25(34)22-9-11-30-33(22)3/h4-11,18-20,24H,12-14H2,1-3H3,(H,31,35)(H,32,34). The summed E-state index contributed by atoms with van der Waals surface area (Å²) in [5.74, 6) is -1.72. The summed E-state index contributed by atoms with van der Waals surface area (Å²) < 4.78 is 29.7. The Morgan fingerprint density at radius 2 is 1.69 bits per heavy atom. The molecule has 2 aromatic heterocycles. The highest BCUT2D eigenvalue weighted by Crippen LogP contribution is 2.32. The minimum atomic E-state index is -1.36. The average molecular weight is 482 g/mol. The number of carbonyl (C=O) groups excluding carboxylic acids is 2. The van der Waals surface area contributed by atoms with Crippen LogP contribution in [-0.2, 0) is 11.8 Å². The molecule has 2 amide bonds. The molecular formula is C26H29F2N5O2. The van der Waals surface area contributed by atoms with E-state index in [1.165, 1.54) is 16.9 Å². The number of aryl methyl sites for hydroxylation is 3. The molecule has 4 rings (SSSR count). The molecule has 2 N–H and O–H groups in total. The number of anilines is 1. The molecule has 3 aromatic rings. The van der Waals surface area contributed by atoms with Crippen LogP contribution in [0.3, 0.4) is 0 Å². The number of nitrogens with one attached hydrogen (secondary N) is 2. The molecule has 1 aliphatic carbocycles. The van der Waals surface area contributed by atoms with E-state index in [1.807, 2.05) is 32.0 Å². The molecule has 3 atom stereocenters. The molecule has 0 radical (unpaired) electrons. The topological polar surface area (TPSA) is 88.9 Å². The summed E-state index contributed by atoms with van der Waals surface area (Å²) in [5, 5.41) is 9.47. The molecule has 0 bridgehead atoms. The van der Waals surface area contributed by atoms with Crippen molar-refractivity contribution in [3.8, 4) is 11.1 Å². The maximum absolute atomic E-state index is 14.2. The van der Waals surface area contributed by atoms with Crippen LogP contribution in [0.25, 0.3) is 11.1 Å². The van der Waals surface area contributed by atoms with E-state index in [1.54, 1.807) is 25.4 Å². The monoisotopic (exact) mass is 481 g/mol. The van der Waals surface area contributed by atoms with E-state index < -0.39 is 36.1 Å². The first-order valence-electron chi connectivity index (χ1n) is 11.6. The maximum atomic E-state index is 14.2. The Balaban J connectivity index is 1.54. The Morgan fingerprint density at radius 3 is 2.29 bits per heavy atom. The van der Waals surface area contributed by atoms with Gasteiger partial charge in [-0.3, -0.25) is 19.3 Å². The fraction of sp³-hybridized carbons (Fsp3) is 0.385. The van der Waals surface area contributed by atoms with Gasteiger partial charge in [0.1, 0.15) is 24.1 Å². The number of amides is 2. The summed E-state index contributed by atoms with van der Waals surface area (Å²) in [6.07, 6.45) is 0.321. The lowest BCUT2D eigenvalue weighted by molar-refractivity contribution is -0.120. The Morgan fingerprint density at radius 1 is 1.00 bits per heavy atom. The molecule has 2 heterocycles. The van der Waals surface area contributed by atoms with E-state index in [0.717, 1.165) is 22.4 Å². The van der Waals surface area contributed by atoms with Crippen molar-refractivity contribution in [1.29, 1.82) is 0 Å². The largest absolute Gasteiger partial charge is 0.339 e. The number of hydrogen-bond acceptors (Lipinski definition) is 4. The first-order chi connectivity index (χ1) is 16.7. The Kier molecular flexibility index (Phi) is 7.23. The van der Waals surface area contributed by atoms with Crippen LogP contribution in [0.4, 0.5) is 14.5 Å². The van der Waals surface area contributed by atoms with Crippen LogP contribution in [0.15, 0.2) is 48.8 Å². The molecule has 0 aliphatic heterocycles. The lowest BCUT2D eigenvalue weighted by Gasteiger charge is -2.33. The lowest BCUT2D eigenvalue weighted by Crippen LogP contribution is -2.51. The van der Waals surface area contributed by atoms with Gasteiger partial charge in [0.2, 0.25) is 5.91 Å². The number of nitrogens with zero attached hydrogens (tertiary/aromatic N) is 3. The quantitative estimate of drug-likeness (QED) is 0.549. The predicted molar refractivity (Wildman–Crippen MR) is 129 cm³/mol. The third-order valence-corrected chi connectivity index (χ3v) is 6.51. The van der Waals surface area contributed by atoms with Crippen molar-refractivity contribution in [3.05, 3.63) is 65.7 Å². The molecule has 1 aromatic carbocycles. The van der Waals surface area contributed by atoms with Gasteiger partial charge in [0.15, 0.2) is 0 Å². The fourth-order valence-corrected chi connectivity index (χ4v) is 4.78. The number of hydrogen-bond donors (Lipinski definition) is 2. The van der Waals surface area contributed by atoms with Crippen molar-refractivity contribution < 1.29 is 18.4 Å². The number of pyridine rings is 1. The zero-order valence-corrected chi connectivity index (χ0v) is 20.0. The molecule has 3 unspecified atom stereocenters. The second-order valence-corrected chi connectivity index (χ2v) is 9.11. The van der Waals surface area contributed by atoms with Gasteiger partial charge in [-0.15, -0.1) is 0 Å². The van der Waals surface area contributed by atoms with Crippen LogP contribution in [0.2, 0.25) is 0 Å². The highest BCUT2D eigenvalue weighted by atomic mass is 19.1. The summed E-state index contributed by atoms with van der Waals surface area (Å²) in [6.45, 7) is 3.95. The average Bonchev–Trinajstić information content (AvgIpc) is 3.23. The lowest BCUT2D eigenvalue weighted by atomic mass is 9.81. The highest BCUT2D eigenvalue weighted by Gasteiger charge is 2.38. The summed E-state index contributed by atoms with van der Waals surface area (Å²) >= 11 is 0. The predicted octanol–water partition coefficient (Wildman–Crippen LogP) is 4.31. The third kappa shape index (κ3) is 5.55. The number of rotatable bonds is 6. The molecule has 0 saturated heterocycles. The minimum Gasteiger partial charge on any atom is -0.339 e. The van der Waals surface area contributed by atoms with Crippen LogP contribution in [0.5, 0.6) is 0 Å². The molecule has 9 heteroatoms. The second kappa shape index (κ2) is 10.3. The van der Waals surface area contributed by atoms with Crippen LogP contribution < -0.4 is 10.6 Å². The van der Waals surface area contributed by atoms with Gasteiger partial charge in [0.25, 0.3) is 5.91 Å². The van der Waals surface area contributed by atoms with Crippen LogP contribution in [0.1, 0.15) is 41.0 Å². The molecule has 184 valence electrons. The second-order valence-electron chi connectivity index (χ2n) is 9.11. The Labute approximate surface area is 202 Å². The molecule has 1 fully saturated rings. The SMILES string of the molecule is Cc1ccnc(C)c1-c1ccc(NC(=O)C(NC(=O)c2ccnn2C)C2CC(F)CC(F)C2)cc1. The van der Waals surface area contributed by atoms with Gasteiger partial charge < -0.3 is 10.6 Å². The normalized spacial score (nSPS) is 20.8. The van der Waals surface area contributed by atoms with E-state index in [-0.39, 0.29) is 25.0 Å². The molecule has 1 saturated carbocycles. The molecule has 0 spiro atoms. The van der Waals surface area contributed by atoms with E-state index in [2.05, 4.69) is 20.7 Å². The fourth-order valence-electron chi connectivity index (χ4n) is 4.78. The van der Waals surface area contributed by atoms with Crippen molar-refractivity contribution in [1.82, 2.24) is 20.1 Å². The van der Waals surface area contributed by atoms with E-state index in [9.17, 15) is 18.4 Å². The van der Waals surface area contributed by atoms with Crippen molar-refractivity contribution in [3.63, 3.8) is 0 Å². The van der Waals surface area contributed by atoms with Crippen molar-refractivity contribution in [2.75, 3.05) is 5.32 Å². The van der Waals surface area contributed by atoms with E-state index in [4.69, 9.17) is 0 Å². The van der Waals surface area contributed by atoms with Gasteiger partial charge in [0.05, 0.1) is 0 Å². The molecule has 1 aliphatic rings. The number of benzene rings is 1. The van der Waals surface area contributed by atoms with Crippen molar-refractivity contribution in [2.45, 2.75) is 51.5 Å². The zero-order valence-electron chi connectivity index (χ0n) is 20.0. The van der Waals surface area contributed by atoms with E-state index >= 15 is 0 Å². The number of aromatic nitrogens is 3. The number of halogens is 2. The summed E-state index contributed by atoms with van der Waals surface area (Å²) in [4.78, 5) is 30.4. The highest BCUT2D eigenvalue weighted by molar-refractivity contribution is 6.00. The Hall–Kier alpha value is -3.62. The van der Waals surface area contributed by atoms with Gasteiger partial charge in [0, 0.05) is 42.8 Å². The van der Waals surface area contributed by atoms with Crippen LogP contribution >= 0.6 is 0 Å². The van der Waals surface area contributed by atoms with Gasteiger partial charge in [-0.25, -0.2) is 8.78 Å². The zero-order chi connectivity index (χ0) is 25.1. The molecular weight excluding hydrogens is 452 g/mol.